The summed E-state index contributed by atoms with van der Waals surface area (Å²) in [7, 11) is 0. The van der Waals surface area contributed by atoms with E-state index in [0.717, 1.165) is 5.57 Å². The summed E-state index contributed by atoms with van der Waals surface area (Å²) < 4.78 is 0. The summed E-state index contributed by atoms with van der Waals surface area (Å²) in [6.07, 6.45) is 7.03. The molecule has 10 heavy (non-hydrogen) atoms. The molecule has 0 spiro atoms. The minimum atomic E-state index is -0.443. The van der Waals surface area contributed by atoms with Crippen molar-refractivity contribution in [3.63, 3.8) is 0 Å². The van der Waals surface area contributed by atoms with Crippen LogP contribution in [0.4, 0.5) is 0 Å². The van der Waals surface area contributed by atoms with Crippen LogP contribution >= 0.6 is 0 Å². The van der Waals surface area contributed by atoms with Gasteiger partial charge in [0.1, 0.15) is 0 Å². The van der Waals surface area contributed by atoms with Crippen LogP contribution in [-0.4, -0.2) is 6.17 Å². The monoisotopic (exact) mass is 138 g/mol. The molecule has 0 atom stereocenters. The maximum Gasteiger partial charge on any atom is 0.0778 e. The summed E-state index contributed by atoms with van der Waals surface area (Å²) in [5.41, 5.74) is 11.4. The first-order chi connectivity index (χ1) is 4.68. The highest BCUT2D eigenvalue weighted by Crippen LogP contribution is 1.92. The van der Waals surface area contributed by atoms with Crippen LogP contribution in [0.2, 0.25) is 0 Å². The van der Waals surface area contributed by atoms with E-state index in [1.807, 2.05) is 25.2 Å². The molecule has 2 nitrogen and oxygen atoms in total. The van der Waals surface area contributed by atoms with Gasteiger partial charge >= 0.3 is 0 Å². The Morgan fingerprint density at radius 2 is 2.00 bits per heavy atom. The lowest BCUT2D eigenvalue weighted by molar-refractivity contribution is 0.842. The fraction of sp³-hybridized carbons (Fsp3) is 0.250. The molecule has 0 radical (unpaired) electrons. The number of rotatable bonds is 3. The van der Waals surface area contributed by atoms with E-state index in [9.17, 15) is 0 Å². The van der Waals surface area contributed by atoms with E-state index in [1.54, 1.807) is 6.08 Å². The maximum atomic E-state index is 5.32. The molecule has 0 bridgehead atoms. The van der Waals surface area contributed by atoms with Crippen LogP contribution in [0, 0.1) is 0 Å². The van der Waals surface area contributed by atoms with E-state index in [0.29, 0.717) is 0 Å². The molecule has 0 aliphatic rings. The lowest BCUT2D eigenvalue weighted by atomic mass is 10.2. The number of nitrogens with two attached hydrogens (primary N) is 2. The lowest BCUT2D eigenvalue weighted by Crippen LogP contribution is -2.31. The quantitative estimate of drug-likeness (QED) is 0.450. The average molecular weight is 138 g/mol. The largest absolute Gasteiger partial charge is 0.312 e. The molecule has 0 aliphatic carbocycles. The molecular formula is C8H14N2. The molecule has 0 heterocycles. The zero-order valence-electron chi connectivity index (χ0n) is 6.25. The first-order valence-corrected chi connectivity index (χ1v) is 3.17. The Labute approximate surface area is 61.9 Å². The van der Waals surface area contributed by atoms with Crippen LogP contribution in [-0.2, 0) is 0 Å². The molecule has 0 aromatic carbocycles. The predicted octanol–water partition coefficient (Wildman–Crippen LogP) is 0.918. The standard InChI is InChI=1S/C8H14N2/c1-3-4-5-6-7(2)8(9)10/h3-6,8H,2,9-10H2,1H3/b4-3-,6-5-. The highest BCUT2D eigenvalue weighted by molar-refractivity contribution is 5.22. The predicted molar refractivity (Wildman–Crippen MR) is 45.3 cm³/mol. The van der Waals surface area contributed by atoms with E-state index in [2.05, 4.69) is 6.58 Å². The Kier molecular flexibility index (Phi) is 4.54. The number of allylic oxidation sites excluding steroid dienone is 3. The van der Waals surface area contributed by atoms with Crippen molar-refractivity contribution in [2.75, 3.05) is 0 Å². The Hall–Kier alpha value is -0.860. The van der Waals surface area contributed by atoms with E-state index in [-0.39, 0.29) is 0 Å². The van der Waals surface area contributed by atoms with Gasteiger partial charge in [0.05, 0.1) is 6.17 Å². The van der Waals surface area contributed by atoms with E-state index < -0.39 is 6.17 Å². The molecule has 0 saturated heterocycles. The fourth-order valence-corrected chi connectivity index (χ4v) is 0.401. The molecule has 0 saturated carbocycles. The molecule has 0 aliphatic heterocycles. The summed E-state index contributed by atoms with van der Waals surface area (Å²) in [5.74, 6) is 0. The highest BCUT2D eigenvalue weighted by atomic mass is 14.8. The second-order valence-corrected chi connectivity index (χ2v) is 1.99. The van der Waals surface area contributed by atoms with Gasteiger partial charge in [-0.1, -0.05) is 30.9 Å². The molecule has 0 unspecified atom stereocenters. The van der Waals surface area contributed by atoms with Gasteiger partial charge in [-0.15, -0.1) is 0 Å². The van der Waals surface area contributed by atoms with E-state index in [1.165, 1.54) is 0 Å². The van der Waals surface area contributed by atoms with Crippen molar-refractivity contribution < 1.29 is 0 Å². The summed E-state index contributed by atoms with van der Waals surface area (Å²) in [6.45, 7) is 5.60. The summed E-state index contributed by atoms with van der Waals surface area (Å²) in [5, 5.41) is 0. The normalized spacial score (nSPS) is 12.0. The molecular weight excluding hydrogens is 124 g/mol. The fourth-order valence-electron chi connectivity index (χ4n) is 0.401. The first kappa shape index (κ1) is 9.14. The van der Waals surface area contributed by atoms with Crippen LogP contribution in [0.15, 0.2) is 36.5 Å². The van der Waals surface area contributed by atoms with Gasteiger partial charge in [-0.05, 0) is 12.5 Å². The minimum absolute atomic E-state index is 0.443. The Morgan fingerprint density at radius 3 is 2.40 bits per heavy atom. The van der Waals surface area contributed by atoms with Crippen LogP contribution in [0.3, 0.4) is 0 Å². The van der Waals surface area contributed by atoms with E-state index >= 15 is 0 Å². The van der Waals surface area contributed by atoms with Crippen molar-refractivity contribution in [3.05, 3.63) is 36.5 Å². The third-order valence-corrected chi connectivity index (χ3v) is 1.04. The molecule has 0 amide bonds. The van der Waals surface area contributed by atoms with Crippen LogP contribution in [0.5, 0.6) is 0 Å². The smallest absolute Gasteiger partial charge is 0.0778 e. The topological polar surface area (TPSA) is 52.0 Å². The molecule has 0 aromatic rings. The van der Waals surface area contributed by atoms with Gasteiger partial charge in [0.25, 0.3) is 0 Å². The Morgan fingerprint density at radius 1 is 1.40 bits per heavy atom. The van der Waals surface area contributed by atoms with Crippen molar-refractivity contribution in [2.24, 2.45) is 11.5 Å². The van der Waals surface area contributed by atoms with Gasteiger partial charge in [-0.3, -0.25) is 0 Å². The molecule has 2 heteroatoms. The van der Waals surface area contributed by atoms with Crippen molar-refractivity contribution in [3.8, 4) is 0 Å². The maximum absolute atomic E-state index is 5.32. The third kappa shape index (κ3) is 4.06. The third-order valence-electron chi connectivity index (χ3n) is 1.04. The van der Waals surface area contributed by atoms with Gasteiger partial charge in [0, 0.05) is 0 Å². The van der Waals surface area contributed by atoms with Gasteiger partial charge < -0.3 is 11.5 Å². The second kappa shape index (κ2) is 4.97. The Bertz CT molecular complexity index is 155. The van der Waals surface area contributed by atoms with Crippen molar-refractivity contribution in [2.45, 2.75) is 13.1 Å². The van der Waals surface area contributed by atoms with Gasteiger partial charge in [0.2, 0.25) is 0 Å². The highest BCUT2D eigenvalue weighted by Gasteiger charge is 1.92. The summed E-state index contributed by atoms with van der Waals surface area (Å²) in [6, 6.07) is 0. The summed E-state index contributed by atoms with van der Waals surface area (Å²) in [4.78, 5) is 0. The first-order valence-electron chi connectivity index (χ1n) is 3.17. The lowest BCUT2D eigenvalue weighted by Gasteiger charge is -2.01. The zero-order valence-corrected chi connectivity index (χ0v) is 6.25. The molecule has 0 rings (SSSR count). The number of hydrogen-bond donors (Lipinski definition) is 2. The molecule has 0 fully saturated rings. The van der Waals surface area contributed by atoms with Crippen LogP contribution in [0.1, 0.15) is 6.92 Å². The molecule has 4 N–H and O–H groups in total. The van der Waals surface area contributed by atoms with Gasteiger partial charge in [-0.2, -0.15) is 0 Å². The number of hydrogen-bond acceptors (Lipinski definition) is 2. The van der Waals surface area contributed by atoms with Gasteiger partial charge in [0.15, 0.2) is 0 Å². The minimum Gasteiger partial charge on any atom is -0.312 e. The molecule has 56 valence electrons. The SMILES string of the molecule is C=C(/C=C\C=C/C)C(N)N. The van der Waals surface area contributed by atoms with E-state index in [4.69, 9.17) is 11.5 Å². The average Bonchev–Trinajstić information content (AvgIpc) is 1.88. The van der Waals surface area contributed by atoms with Crippen molar-refractivity contribution in [1.82, 2.24) is 0 Å². The van der Waals surface area contributed by atoms with Gasteiger partial charge in [-0.25, -0.2) is 0 Å². The van der Waals surface area contributed by atoms with Crippen molar-refractivity contribution in [1.29, 1.82) is 0 Å². The van der Waals surface area contributed by atoms with Crippen molar-refractivity contribution >= 4 is 0 Å². The molecule has 0 aromatic heterocycles. The summed E-state index contributed by atoms with van der Waals surface area (Å²) >= 11 is 0. The van der Waals surface area contributed by atoms with Crippen LogP contribution in [0.25, 0.3) is 0 Å². The second-order valence-electron chi connectivity index (χ2n) is 1.99. The Balaban J connectivity index is 3.78. The van der Waals surface area contributed by atoms with Crippen LogP contribution < -0.4 is 11.5 Å². The zero-order chi connectivity index (χ0) is 7.98.